The molecular weight excluding hydrogens is 282 g/mol. The second-order valence-corrected chi connectivity index (χ2v) is 5.09. The Balaban J connectivity index is 2.71. The molecule has 0 heterocycles. The number of benzene rings is 2. The van der Waals surface area contributed by atoms with Gasteiger partial charge in [-0.05, 0) is 30.0 Å². The van der Waals surface area contributed by atoms with E-state index in [-0.39, 0.29) is 5.69 Å². The van der Waals surface area contributed by atoms with E-state index in [4.69, 9.17) is 10.5 Å². The van der Waals surface area contributed by atoms with Gasteiger partial charge in [0.05, 0.1) is 23.9 Å². The Morgan fingerprint density at radius 1 is 1.10 bits per heavy atom. The molecule has 2 rings (SSSR count). The Morgan fingerprint density at radius 3 is 2.19 bits per heavy atom. The zero-order valence-electron chi connectivity index (χ0n) is 11.7. The maximum Gasteiger partial charge on any atom is 0.118 e. The molecular formula is C16H13N3OS. The second-order valence-electron chi connectivity index (χ2n) is 4.24. The number of thioether (sulfide) groups is 1. The number of hydrogen-bond acceptors (Lipinski definition) is 5. The molecule has 4 nitrogen and oxygen atoms in total. The van der Waals surface area contributed by atoms with E-state index >= 15 is 0 Å². The number of hydrogen-bond donors (Lipinski definition) is 1. The van der Waals surface area contributed by atoms with Crippen LogP contribution in [0.5, 0.6) is 5.75 Å². The third-order valence-corrected chi connectivity index (χ3v) is 3.94. The molecule has 0 aliphatic heterocycles. The van der Waals surface area contributed by atoms with Crippen molar-refractivity contribution < 1.29 is 4.74 Å². The summed E-state index contributed by atoms with van der Waals surface area (Å²) in [4.78, 5) is 0.764. The standard InChI is InChI=1S/C16H13N3OS/c1-20-11-5-3-10(4-6-11)12-7-15(21-2)14(9-18)16(19)13(12)8-17/h3-7H,19H2,1-2H3. The molecule has 0 aliphatic carbocycles. The summed E-state index contributed by atoms with van der Waals surface area (Å²) in [6.07, 6.45) is 1.87. The fraction of sp³-hybridized carbons (Fsp3) is 0.125. The third kappa shape index (κ3) is 2.65. The first kappa shape index (κ1) is 14.8. The van der Waals surface area contributed by atoms with Crippen molar-refractivity contribution in [1.29, 1.82) is 10.5 Å². The molecule has 5 heteroatoms. The molecule has 0 saturated heterocycles. The van der Waals surface area contributed by atoms with E-state index in [9.17, 15) is 10.5 Å². The van der Waals surface area contributed by atoms with Gasteiger partial charge in [0.2, 0.25) is 0 Å². The summed E-state index contributed by atoms with van der Waals surface area (Å²) in [5.41, 5.74) is 8.50. The van der Waals surface area contributed by atoms with E-state index in [1.54, 1.807) is 7.11 Å². The van der Waals surface area contributed by atoms with Gasteiger partial charge in [0.1, 0.15) is 17.9 Å². The summed E-state index contributed by atoms with van der Waals surface area (Å²) in [6.45, 7) is 0. The number of nitriles is 2. The molecule has 104 valence electrons. The predicted molar refractivity (Wildman–Crippen MR) is 84.1 cm³/mol. The van der Waals surface area contributed by atoms with Gasteiger partial charge in [-0.25, -0.2) is 0 Å². The molecule has 0 spiro atoms. The summed E-state index contributed by atoms with van der Waals surface area (Å²) in [7, 11) is 1.60. The van der Waals surface area contributed by atoms with Crippen LogP contribution >= 0.6 is 11.8 Å². The number of nitrogen functional groups attached to an aromatic ring is 1. The van der Waals surface area contributed by atoms with Crippen molar-refractivity contribution in [3.63, 3.8) is 0 Å². The number of anilines is 1. The van der Waals surface area contributed by atoms with Crippen LogP contribution < -0.4 is 10.5 Å². The maximum atomic E-state index is 9.37. The van der Waals surface area contributed by atoms with E-state index in [2.05, 4.69) is 12.1 Å². The smallest absolute Gasteiger partial charge is 0.118 e. The lowest BCUT2D eigenvalue weighted by Gasteiger charge is -2.12. The molecule has 2 aromatic rings. The summed E-state index contributed by atoms with van der Waals surface area (Å²) in [5.74, 6) is 0.740. The SMILES string of the molecule is COc1ccc(-c2cc(SC)c(C#N)c(N)c2C#N)cc1. The number of nitrogens with zero attached hydrogens (tertiary/aromatic N) is 2. The maximum absolute atomic E-state index is 9.37. The van der Waals surface area contributed by atoms with Crippen LogP contribution in [-0.2, 0) is 0 Å². The van der Waals surface area contributed by atoms with E-state index in [0.29, 0.717) is 11.1 Å². The Bertz CT molecular complexity index is 755. The number of methoxy groups -OCH3 is 1. The summed E-state index contributed by atoms with van der Waals surface area (Å²) >= 11 is 1.43. The van der Waals surface area contributed by atoms with Crippen molar-refractivity contribution in [2.75, 3.05) is 19.1 Å². The van der Waals surface area contributed by atoms with Crippen molar-refractivity contribution in [2.24, 2.45) is 0 Å². The van der Waals surface area contributed by atoms with E-state index < -0.39 is 0 Å². The van der Waals surface area contributed by atoms with Crippen molar-refractivity contribution in [3.05, 3.63) is 41.5 Å². The summed E-state index contributed by atoms with van der Waals surface area (Å²) in [6, 6.07) is 13.4. The minimum Gasteiger partial charge on any atom is -0.497 e. The van der Waals surface area contributed by atoms with Gasteiger partial charge in [-0.15, -0.1) is 11.8 Å². The lowest BCUT2D eigenvalue weighted by molar-refractivity contribution is 0.415. The molecule has 21 heavy (non-hydrogen) atoms. The first-order valence-corrected chi connectivity index (χ1v) is 7.33. The average molecular weight is 295 g/mol. The topological polar surface area (TPSA) is 82.8 Å². The average Bonchev–Trinajstić information content (AvgIpc) is 2.53. The first-order chi connectivity index (χ1) is 10.2. The van der Waals surface area contributed by atoms with Crippen LogP contribution in [0.25, 0.3) is 11.1 Å². The monoisotopic (exact) mass is 295 g/mol. The Hall–Kier alpha value is -2.63. The highest BCUT2D eigenvalue weighted by Gasteiger charge is 2.16. The van der Waals surface area contributed by atoms with Crippen LogP contribution in [0.1, 0.15) is 11.1 Å². The lowest BCUT2D eigenvalue weighted by Crippen LogP contribution is -2.00. The summed E-state index contributed by atoms with van der Waals surface area (Å²) < 4.78 is 5.13. The molecule has 0 atom stereocenters. The Morgan fingerprint density at radius 2 is 1.71 bits per heavy atom. The van der Waals surface area contributed by atoms with Gasteiger partial charge in [0.25, 0.3) is 0 Å². The fourth-order valence-corrected chi connectivity index (χ4v) is 2.67. The zero-order valence-corrected chi connectivity index (χ0v) is 12.5. The molecule has 2 N–H and O–H groups in total. The van der Waals surface area contributed by atoms with Crippen LogP contribution in [0, 0.1) is 22.7 Å². The van der Waals surface area contributed by atoms with Crippen molar-refractivity contribution in [1.82, 2.24) is 0 Å². The van der Waals surface area contributed by atoms with Crippen LogP contribution in [0.3, 0.4) is 0 Å². The highest BCUT2D eigenvalue weighted by molar-refractivity contribution is 7.98. The molecule has 0 saturated carbocycles. The first-order valence-electron chi connectivity index (χ1n) is 6.11. The normalized spacial score (nSPS) is 9.71. The summed E-state index contributed by atoms with van der Waals surface area (Å²) in [5, 5.41) is 18.6. The Labute approximate surface area is 127 Å². The van der Waals surface area contributed by atoms with E-state index in [1.165, 1.54) is 11.8 Å². The minimum absolute atomic E-state index is 0.234. The van der Waals surface area contributed by atoms with Crippen molar-refractivity contribution in [3.8, 4) is 29.0 Å². The van der Waals surface area contributed by atoms with Crippen LogP contribution in [-0.4, -0.2) is 13.4 Å². The molecule has 0 aromatic heterocycles. The molecule has 2 aromatic carbocycles. The van der Waals surface area contributed by atoms with Gasteiger partial charge in [-0.2, -0.15) is 10.5 Å². The number of rotatable bonds is 3. The Kier molecular flexibility index (Phi) is 4.37. The van der Waals surface area contributed by atoms with Crippen molar-refractivity contribution in [2.45, 2.75) is 4.90 Å². The van der Waals surface area contributed by atoms with Crippen molar-refractivity contribution >= 4 is 17.4 Å². The van der Waals surface area contributed by atoms with E-state index in [1.807, 2.05) is 36.6 Å². The zero-order chi connectivity index (χ0) is 15.4. The molecule has 0 amide bonds. The van der Waals surface area contributed by atoms with Gasteiger partial charge < -0.3 is 10.5 Å². The van der Waals surface area contributed by atoms with E-state index in [0.717, 1.165) is 21.8 Å². The lowest BCUT2D eigenvalue weighted by atomic mass is 9.96. The van der Waals surface area contributed by atoms with Gasteiger partial charge in [-0.3, -0.25) is 0 Å². The van der Waals surface area contributed by atoms with Crippen LogP contribution in [0.15, 0.2) is 35.2 Å². The largest absolute Gasteiger partial charge is 0.497 e. The highest BCUT2D eigenvalue weighted by atomic mass is 32.2. The quantitative estimate of drug-likeness (QED) is 0.693. The van der Waals surface area contributed by atoms with Gasteiger partial charge in [-0.1, -0.05) is 12.1 Å². The van der Waals surface area contributed by atoms with Gasteiger partial charge in [0.15, 0.2) is 0 Å². The van der Waals surface area contributed by atoms with Gasteiger partial charge in [0, 0.05) is 10.5 Å². The van der Waals surface area contributed by atoms with Crippen LogP contribution in [0.4, 0.5) is 5.69 Å². The van der Waals surface area contributed by atoms with Crippen LogP contribution in [0.2, 0.25) is 0 Å². The number of nitrogens with two attached hydrogens (primary N) is 1. The molecule has 0 bridgehead atoms. The highest BCUT2D eigenvalue weighted by Crippen LogP contribution is 2.36. The number of ether oxygens (including phenoxy) is 1. The second kappa shape index (κ2) is 6.21. The molecule has 0 radical (unpaired) electrons. The molecule has 0 fully saturated rings. The predicted octanol–water partition coefficient (Wildman–Crippen LogP) is 3.41. The fourth-order valence-electron chi connectivity index (χ4n) is 2.07. The molecule has 0 unspecified atom stereocenters. The third-order valence-electron chi connectivity index (χ3n) is 3.17. The molecule has 0 aliphatic rings. The van der Waals surface area contributed by atoms with Gasteiger partial charge >= 0.3 is 0 Å². The minimum atomic E-state index is 0.234.